The standard InChI is InChI=1S/C22H27BrN2O3/c23-17-10-4-1-7-15(17)13-20-22(27)25(18-11-5-6-12-19(18)28-20)14-21(26)24-16-8-2-3-9-16/h1,4,7,10,13,16,18-19H,2-3,5-6,8-9,11-12,14H2,(H,24,26)/b20-13+. The van der Waals surface area contributed by atoms with Crippen molar-refractivity contribution in [3.63, 3.8) is 0 Å². The second-order valence-corrected chi connectivity index (χ2v) is 8.87. The maximum Gasteiger partial charge on any atom is 0.289 e. The van der Waals surface area contributed by atoms with E-state index in [0.29, 0.717) is 5.76 Å². The summed E-state index contributed by atoms with van der Waals surface area (Å²) in [5.74, 6) is 0.107. The van der Waals surface area contributed by atoms with Gasteiger partial charge in [0.1, 0.15) is 12.6 Å². The van der Waals surface area contributed by atoms with Crippen molar-refractivity contribution in [3.8, 4) is 0 Å². The lowest BCUT2D eigenvalue weighted by atomic mass is 9.89. The summed E-state index contributed by atoms with van der Waals surface area (Å²) in [5.41, 5.74) is 0.899. The van der Waals surface area contributed by atoms with Gasteiger partial charge in [0.2, 0.25) is 5.91 Å². The van der Waals surface area contributed by atoms with Crippen LogP contribution in [0.2, 0.25) is 0 Å². The fourth-order valence-electron chi connectivity index (χ4n) is 4.59. The molecule has 3 aliphatic rings. The summed E-state index contributed by atoms with van der Waals surface area (Å²) in [6, 6.07) is 8.01. The van der Waals surface area contributed by atoms with Gasteiger partial charge in [0.05, 0.1) is 6.04 Å². The minimum Gasteiger partial charge on any atom is -0.482 e. The number of nitrogens with one attached hydrogen (secondary N) is 1. The Morgan fingerprint density at radius 2 is 1.86 bits per heavy atom. The summed E-state index contributed by atoms with van der Waals surface area (Å²) in [4.78, 5) is 27.6. The molecule has 1 heterocycles. The lowest BCUT2D eigenvalue weighted by Gasteiger charge is -2.44. The van der Waals surface area contributed by atoms with Crippen LogP contribution in [0.4, 0.5) is 0 Å². The molecule has 0 bridgehead atoms. The SMILES string of the molecule is O=C(CN1C(=O)/C(=C\c2ccccc2Br)OC2CCCCC21)NC1CCCC1. The van der Waals surface area contributed by atoms with Crippen LogP contribution in [0.5, 0.6) is 0 Å². The number of halogens is 1. The Labute approximate surface area is 174 Å². The average molecular weight is 447 g/mol. The number of rotatable bonds is 4. The molecule has 150 valence electrons. The number of amides is 2. The molecule has 1 aromatic rings. The minimum atomic E-state index is -0.180. The summed E-state index contributed by atoms with van der Waals surface area (Å²) in [7, 11) is 0. The molecule has 2 atom stereocenters. The Morgan fingerprint density at radius 1 is 1.14 bits per heavy atom. The van der Waals surface area contributed by atoms with E-state index >= 15 is 0 Å². The van der Waals surface area contributed by atoms with Crippen molar-refractivity contribution in [3.05, 3.63) is 40.1 Å². The van der Waals surface area contributed by atoms with E-state index in [1.54, 1.807) is 11.0 Å². The van der Waals surface area contributed by atoms with Crippen molar-refractivity contribution in [1.29, 1.82) is 0 Å². The van der Waals surface area contributed by atoms with Crippen molar-refractivity contribution in [2.45, 2.75) is 69.6 Å². The van der Waals surface area contributed by atoms with Gasteiger partial charge in [0, 0.05) is 10.5 Å². The van der Waals surface area contributed by atoms with Gasteiger partial charge < -0.3 is 15.0 Å². The van der Waals surface area contributed by atoms with Crippen LogP contribution in [-0.2, 0) is 14.3 Å². The van der Waals surface area contributed by atoms with Gasteiger partial charge >= 0.3 is 0 Å². The fraction of sp³-hybridized carbons (Fsp3) is 0.545. The van der Waals surface area contributed by atoms with Crippen molar-refractivity contribution < 1.29 is 14.3 Å². The fourth-order valence-corrected chi connectivity index (χ4v) is 4.99. The molecule has 4 rings (SSSR count). The number of carbonyl (C=O) groups is 2. The molecule has 2 saturated carbocycles. The summed E-state index contributed by atoms with van der Waals surface area (Å²) in [6.45, 7) is 0.118. The highest BCUT2D eigenvalue weighted by molar-refractivity contribution is 9.10. The van der Waals surface area contributed by atoms with E-state index in [1.807, 2.05) is 24.3 Å². The van der Waals surface area contributed by atoms with Crippen LogP contribution in [0.15, 0.2) is 34.5 Å². The third kappa shape index (κ3) is 4.27. The van der Waals surface area contributed by atoms with Crippen LogP contribution in [0.1, 0.15) is 56.9 Å². The van der Waals surface area contributed by atoms with Gasteiger partial charge in [-0.05, 0) is 49.8 Å². The number of fused-ring (bicyclic) bond motifs is 1. The predicted molar refractivity (Wildman–Crippen MR) is 111 cm³/mol. The molecule has 2 unspecified atom stereocenters. The third-order valence-corrected chi connectivity index (χ3v) is 6.77. The first-order chi connectivity index (χ1) is 13.6. The smallest absolute Gasteiger partial charge is 0.289 e. The zero-order chi connectivity index (χ0) is 19.5. The van der Waals surface area contributed by atoms with Gasteiger partial charge in [-0.1, -0.05) is 53.4 Å². The topological polar surface area (TPSA) is 58.6 Å². The second-order valence-electron chi connectivity index (χ2n) is 8.02. The lowest BCUT2D eigenvalue weighted by molar-refractivity contribution is -0.152. The number of hydrogen-bond donors (Lipinski definition) is 1. The molecule has 0 spiro atoms. The molecule has 0 radical (unpaired) electrons. The highest BCUT2D eigenvalue weighted by Crippen LogP contribution is 2.33. The summed E-state index contributed by atoms with van der Waals surface area (Å²) < 4.78 is 7.04. The molecule has 1 aromatic carbocycles. The second kappa shape index (κ2) is 8.68. The molecule has 5 nitrogen and oxygen atoms in total. The molecular weight excluding hydrogens is 420 g/mol. The number of ether oxygens (including phenoxy) is 1. The van der Waals surface area contributed by atoms with E-state index in [-0.39, 0.29) is 36.5 Å². The van der Waals surface area contributed by atoms with Gasteiger partial charge in [-0.15, -0.1) is 0 Å². The van der Waals surface area contributed by atoms with Crippen LogP contribution in [0.3, 0.4) is 0 Å². The normalized spacial score (nSPS) is 26.8. The van der Waals surface area contributed by atoms with Gasteiger partial charge in [-0.25, -0.2) is 0 Å². The number of morpholine rings is 1. The van der Waals surface area contributed by atoms with E-state index < -0.39 is 0 Å². The first-order valence-corrected chi connectivity index (χ1v) is 11.1. The monoisotopic (exact) mass is 446 g/mol. The van der Waals surface area contributed by atoms with Crippen LogP contribution < -0.4 is 5.32 Å². The minimum absolute atomic E-state index is 0.00746. The van der Waals surface area contributed by atoms with Crippen molar-refractivity contribution >= 4 is 33.8 Å². The third-order valence-electron chi connectivity index (χ3n) is 6.04. The Hall–Kier alpha value is -1.82. The Morgan fingerprint density at radius 3 is 2.64 bits per heavy atom. The van der Waals surface area contributed by atoms with Crippen LogP contribution in [0.25, 0.3) is 6.08 Å². The molecular formula is C22H27BrN2O3. The number of carbonyl (C=O) groups excluding carboxylic acids is 2. The first kappa shape index (κ1) is 19.5. The first-order valence-electron chi connectivity index (χ1n) is 10.3. The maximum absolute atomic E-state index is 13.2. The molecule has 28 heavy (non-hydrogen) atoms. The van der Waals surface area contributed by atoms with E-state index in [1.165, 1.54) is 12.8 Å². The summed E-state index contributed by atoms with van der Waals surface area (Å²) >= 11 is 3.53. The quantitative estimate of drug-likeness (QED) is 0.710. The van der Waals surface area contributed by atoms with E-state index in [0.717, 1.165) is 48.6 Å². The largest absolute Gasteiger partial charge is 0.482 e. The van der Waals surface area contributed by atoms with Gasteiger partial charge in [0.25, 0.3) is 5.91 Å². The van der Waals surface area contributed by atoms with E-state index in [9.17, 15) is 9.59 Å². The lowest BCUT2D eigenvalue weighted by Crippen LogP contribution is -2.57. The molecule has 2 amide bonds. The van der Waals surface area contributed by atoms with Crippen LogP contribution in [-0.4, -0.2) is 41.4 Å². The van der Waals surface area contributed by atoms with E-state index in [4.69, 9.17) is 4.74 Å². The molecule has 1 saturated heterocycles. The summed E-state index contributed by atoms with van der Waals surface area (Å²) in [6.07, 6.45) is 10.2. The summed E-state index contributed by atoms with van der Waals surface area (Å²) in [5, 5.41) is 3.12. The van der Waals surface area contributed by atoms with E-state index in [2.05, 4.69) is 21.2 Å². The van der Waals surface area contributed by atoms with Gasteiger partial charge in [-0.3, -0.25) is 9.59 Å². The maximum atomic E-state index is 13.2. The Bertz CT molecular complexity index is 773. The molecule has 2 aliphatic carbocycles. The molecule has 3 fully saturated rings. The average Bonchev–Trinajstić information content (AvgIpc) is 3.19. The number of hydrogen-bond acceptors (Lipinski definition) is 3. The Balaban J connectivity index is 1.54. The molecule has 1 aliphatic heterocycles. The Kier molecular flexibility index (Phi) is 6.04. The van der Waals surface area contributed by atoms with Crippen LogP contribution >= 0.6 is 15.9 Å². The number of benzene rings is 1. The van der Waals surface area contributed by atoms with Crippen molar-refractivity contribution in [2.75, 3.05) is 6.54 Å². The van der Waals surface area contributed by atoms with Crippen LogP contribution in [0, 0.1) is 0 Å². The van der Waals surface area contributed by atoms with Gasteiger partial charge in [-0.2, -0.15) is 0 Å². The highest BCUT2D eigenvalue weighted by atomic mass is 79.9. The molecule has 6 heteroatoms. The van der Waals surface area contributed by atoms with Crippen molar-refractivity contribution in [2.24, 2.45) is 0 Å². The predicted octanol–water partition coefficient (Wildman–Crippen LogP) is 4.02. The zero-order valence-electron chi connectivity index (χ0n) is 16.0. The number of nitrogens with zero attached hydrogens (tertiary/aromatic N) is 1. The highest BCUT2D eigenvalue weighted by Gasteiger charge is 2.42. The molecule has 0 aromatic heterocycles. The van der Waals surface area contributed by atoms with Gasteiger partial charge in [0.15, 0.2) is 5.76 Å². The zero-order valence-corrected chi connectivity index (χ0v) is 17.6. The van der Waals surface area contributed by atoms with Crippen molar-refractivity contribution in [1.82, 2.24) is 10.2 Å². The molecule has 1 N–H and O–H groups in total.